The molecule has 0 bridgehead atoms. The van der Waals surface area contributed by atoms with Gasteiger partial charge in [-0.3, -0.25) is 0 Å². The first kappa shape index (κ1) is 17.6. The van der Waals surface area contributed by atoms with Crippen molar-refractivity contribution in [1.82, 2.24) is 0 Å². The Bertz CT molecular complexity index is 699. The first-order chi connectivity index (χ1) is 11.7. The molecular weight excluding hydrogens is 302 g/mol. The second-order valence-corrected chi connectivity index (χ2v) is 5.49. The van der Waals surface area contributed by atoms with Crippen LogP contribution in [0.25, 0.3) is 11.1 Å². The Hall–Kier alpha value is -2.80. The third-order valence-electron chi connectivity index (χ3n) is 3.76. The fourth-order valence-corrected chi connectivity index (χ4v) is 2.37. The van der Waals surface area contributed by atoms with E-state index in [1.54, 1.807) is 12.1 Å². The number of carbonyl (C=O) groups excluding carboxylic acids is 1. The Morgan fingerprint density at radius 1 is 1.08 bits per heavy atom. The van der Waals surface area contributed by atoms with E-state index in [1.165, 1.54) is 7.11 Å². The molecule has 0 aliphatic heterocycles. The molecule has 0 spiro atoms. The van der Waals surface area contributed by atoms with E-state index >= 15 is 0 Å². The van der Waals surface area contributed by atoms with E-state index in [-0.39, 0.29) is 5.97 Å². The first-order valence-electron chi connectivity index (χ1n) is 8.03. The lowest BCUT2D eigenvalue weighted by molar-refractivity contribution is -0.149. The number of nitriles is 1. The minimum Gasteiger partial charge on any atom is -0.479 e. The Labute approximate surface area is 142 Å². The van der Waals surface area contributed by atoms with Gasteiger partial charge in [0, 0.05) is 0 Å². The van der Waals surface area contributed by atoms with Gasteiger partial charge in [-0.05, 0) is 48.2 Å². The maximum Gasteiger partial charge on any atom is 0.347 e. The number of nitrogens with zero attached hydrogens (tertiary/aromatic N) is 1. The molecule has 0 saturated heterocycles. The molecule has 0 N–H and O–H groups in total. The Balaban J connectivity index is 2.09. The van der Waals surface area contributed by atoms with Crippen molar-refractivity contribution in [3.63, 3.8) is 0 Å². The van der Waals surface area contributed by atoms with Crippen molar-refractivity contribution in [2.75, 3.05) is 7.11 Å². The van der Waals surface area contributed by atoms with Gasteiger partial charge in [-0.1, -0.05) is 37.6 Å². The van der Waals surface area contributed by atoms with Gasteiger partial charge in [0.05, 0.1) is 18.7 Å². The van der Waals surface area contributed by atoms with Crippen LogP contribution in [-0.4, -0.2) is 19.2 Å². The van der Waals surface area contributed by atoms with Gasteiger partial charge in [0.1, 0.15) is 5.75 Å². The highest BCUT2D eigenvalue weighted by Gasteiger charge is 2.20. The second-order valence-electron chi connectivity index (χ2n) is 5.49. The lowest BCUT2D eigenvalue weighted by Gasteiger charge is -2.17. The van der Waals surface area contributed by atoms with Crippen molar-refractivity contribution in [1.29, 1.82) is 5.26 Å². The predicted molar refractivity (Wildman–Crippen MR) is 92.6 cm³/mol. The number of esters is 1. The molecule has 0 aliphatic rings. The van der Waals surface area contributed by atoms with Gasteiger partial charge in [0.25, 0.3) is 0 Å². The summed E-state index contributed by atoms with van der Waals surface area (Å²) in [6.45, 7) is 2.07. The molecule has 0 saturated carbocycles. The lowest BCUT2D eigenvalue weighted by atomic mass is 10.0. The largest absolute Gasteiger partial charge is 0.479 e. The third kappa shape index (κ3) is 4.60. The molecule has 0 aromatic heterocycles. The van der Waals surface area contributed by atoms with Crippen molar-refractivity contribution >= 4 is 5.97 Å². The van der Waals surface area contributed by atoms with Crippen LogP contribution in [0.2, 0.25) is 0 Å². The Morgan fingerprint density at radius 2 is 1.67 bits per heavy atom. The zero-order chi connectivity index (χ0) is 17.4. The molecule has 0 aliphatic carbocycles. The average Bonchev–Trinajstić information content (AvgIpc) is 2.65. The average molecular weight is 323 g/mol. The number of carbonyl (C=O) groups is 1. The Kier molecular flexibility index (Phi) is 6.39. The minimum absolute atomic E-state index is 0.348. The highest BCUT2D eigenvalue weighted by atomic mass is 16.6. The van der Waals surface area contributed by atoms with Gasteiger partial charge in [0.2, 0.25) is 0 Å². The summed E-state index contributed by atoms with van der Waals surface area (Å²) in [7, 11) is 1.37. The summed E-state index contributed by atoms with van der Waals surface area (Å²) in [6, 6.07) is 17.1. The Morgan fingerprint density at radius 3 is 2.17 bits per heavy atom. The molecule has 124 valence electrons. The highest BCUT2D eigenvalue weighted by molar-refractivity contribution is 5.75. The van der Waals surface area contributed by atoms with Crippen LogP contribution in [0.5, 0.6) is 5.75 Å². The number of ether oxygens (including phenoxy) is 2. The lowest BCUT2D eigenvalue weighted by Crippen LogP contribution is -2.28. The molecule has 2 aromatic rings. The van der Waals surface area contributed by atoms with Crippen LogP contribution in [0, 0.1) is 11.3 Å². The van der Waals surface area contributed by atoms with Crippen LogP contribution in [-0.2, 0) is 9.53 Å². The molecule has 1 atom stereocenters. The first-order valence-corrected chi connectivity index (χ1v) is 8.03. The highest BCUT2D eigenvalue weighted by Crippen LogP contribution is 2.24. The fraction of sp³-hybridized carbons (Fsp3) is 0.300. The summed E-state index contributed by atoms with van der Waals surface area (Å²) in [4.78, 5) is 11.8. The van der Waals surface area contributed by atoms with Crippen LogP contribution in [0.4, 0.5) is 0 Å². The monoisotopic (exact) mass is 323 g/mol. The van der Waals surface area contributed by atoms with E-state index in [1.807, 2.05) is 36.4 Å². The van der Waals surface area contributed by atoms with E-state index in [2.05, 4.69) is 13.0 Å². The van der Waals surface area contributed by atoms with Crippen LogP contribution in [0.15, 0.2) is 48.5 Å². The molecule has 2 aromatic carbocycles. The number of rotatable bonds is 7. The number of hydrogen-bond acceptors (Lipinski definition) is 4. The molecule has 0 heterocycles. The van der Waals surface area contributed by atoms with Crippen molar-refractivity contribution in [2.24, 2.45) is 0 Å². The number of benzene rings is 2. The van der Waals surface area contributed by atoms with E-state index in [9.17, 15) is 4.79 Å². The van der Waals surface area contributed by atoms with E-state index in [0.717, 1.165) is 24.0 Å². The van der Waals surface area contributed by atoms with Gasteiger partial charge in [-0.2, -0.15) is 5.26 Å². The quantitative estimate of drug-likeness (QED) is 0.711. The summed E-state index contributed by atoms with van der Waals surface area (Å²) in [6.07, 6.45) is 1.97. The van der Waals surface area contributed by atoms with Crippen molar-refractivity contribution in [3.8, 4) is 22.9 Å². The normalized spacial score (nSPS) is 11.4. The zero-order valence-corrected chi connectivity index (χ0v) is 14.0. The van der Waals surface area contributed by atoms with Gasteiger partial charge in [-0.15, -0.1) is 0 Å². The molecule has 24 heavy (non-hydrogen) atoms. The maximum absolute atomic E-state index is 11.8. The molecular formula is C20H21NO3. The number of unbranched alkanes of at least 4 members (excludes halogenated alkanes) is 1. The van der Waals surface area contributed by atoms with E-state index in [0.29, 0.717) is 17.7 Å². The predicted octanol–water partition coefficient (Wildman–Crippen LogP) is 4.34. The van der Waals surface area contributed by atoms with Gasteiger partial charge >= 0.3 is 5.97 Å². The smallest absolute Gasteiger partial charge is 0.347 e. The molecule has 0 radical (unpaired) electrons. The molecule has 0 fully saturated rings. The molecule has 2 rings (SSSR count). The van der Waals surface area contributed by atoms with E-state index < -0.39 is 6.10 Å². The summed E-state index contributed by atoms with van der Waals surface area (Å²) in [5.41, 5.74) is 2.68. The standard InChI is InChI=1S/C20H21NO3/c1-3-4-5-19(20(22)23-2)24-18-12-10-17(11-13-18)16-8-6-15(14-21)7-9-16/h6-13,19H,3-5H2,1-2H3. The van der Waals surface area contributed by atoms with Crippen molar-refractivity contribution in [2.45, 2.75) is 32.3 Å². The summed E-state index contributed by atoms with van der Waals surface area (Å²) >= 11 is 0. The SMILES string of the molecule is CCCCC(Oc1ccc(-c2ccc(C#N)cc2)cc1)C(=O)OC. The van der Waals surface area contributed by atoms with Gasteiger partial charge in [0.15, 0.2) is 6.10 Å². The van der Waals surface area contributed by atoms with Crippen LogP contribution in [0.3, 0.4) is 0 Å². The maximum atomic E-state index is 11.8. The van der Waals surface area contributed by atoms with Crippen molar-refractivity contribution < 1.29 is 14.3 Å². The summed E-state index contributed by atoms with van der Waals surface area (Å²) < 4.78 is 10.6. The summed E-state index contributed by atoms with van der Waals surface area (Å²) in [5.74, 6) is 0.290. The third-order valence-corrected chi connectivity index (χ3v) is 3.76. The number of hydrogen-bond donors (Lipinski definition) is 0. The van der Waals surface area contributed by atoms with Gasteiger partial charge in [-0.25, -0.2) is 4.79 Å². The van der Waals surface area contributed by atoms with Crippen LogP contribution >= 0.6 is 0 Å². The minimum atomic E-state index is -0.573. The summed E-state index contributed by atoms with van der Waals surface area (Å²) in [5, 5.41) is 8.84. The molecule has 4 heteroatoms. The molecule has 1 unspecified atom stereocenters. The van der Waals surface area contributed by atoms with Crippen molar-refractivity contribution in [3.05, 3.63) is 54.1 Å². The topological polar surface area (TPSA) is 59.3 Å². The fourth-order valence-electron chi connectivity index (χ4n) is 2.37. The van der Waals surface area contributed by atoms with Gasteiger partial charge < -0.3 is 9.47 Å². The molecule has 4 nitrogen and oxygen atoms in total. The van der Waals surface area contributed by atoms with Crippen LogP contribution < -0.4 is 4.74 Å². The van der Waals surface area contributed by atoms with Crippen LogP contribution in [0.1, 0.15) is 31.7 Å². The molecule has 0 amide bonds. The number of methoxy groups -OCH3 is 1. The second kappa shape index (κ2) is 8.73. The zero-order valence-electron chi connectivity index (χ0n) is 14.0. The van der Waals surface area contributed by atoms with E-state index in [4.69, 9.17) is 14.7 Å².